The van der Waals surface area contributed by atoms with Crippen molar-refractivity contribution in [2.24, 2.45) is 0 Å². The number of anilines is 1. The van der Waals surface area contributed by atoms with Crippen molar-refractivity contribution in [2.45, 2.75) is 38.5 Å². The molecule has 5 heteroatoms. The van der Waals surface area contributed by atoms with Gasteiger partial charge in [-0.15, -0.1) is 11.3 Å². The van der Waals surface area contributed by atoms with Crippen LogP contribution in [0.5, 0.6) is 0 Å². The molecule has 0 saturated carbocycles. The molecule has 0 radical (unpaired) electrons. The summed E-state index contributed by atoms with van der Waals surface area (Å²) in [5, 5.41) is 4.77. The Balaban J connectivity index is 1.58. The van der Waals surface area contributed by atoms with Crippen LogP contribution in [-0.4, -0.2) is 21.5 Å². The summed E-state index contributed by atoms with van der Waals surface area (Å²) in [6.45, 7) is 0.841. The van der Waals surface area contributed by atoms with Crippen molar-refractivity contribution in [3.05, 3.63) is 46.9 Å². The van der Waals surface area contributed by atoms with Crippen molar-refractivity contribution in [1.29, 1.82) is 0 Å². The zero-order chi connectivity index (χ0) is 15.5. The second kappa shape index (κ2) is 6.62. The number of rotatable bonds is 4. The summed E-state index contributed by atoms with van der Waals surface area (Å²) in [5.41, 5.74) is 2.60. The second-order valence-corrected chi connectivity index (χ2v) is 7.05. The van der Waals surface area contributed by atoms with E-state index in [2.05, 4.69) is 26.3 Å². The average molecular weight is 324 g/mol. The molecule has 3 aromatic heterocycles. The summed E-state index contributed by atoms with van der Waals surface area (Å²) in [7, 11) is 0. The third kappa shape index (κ3) is 3.06. The van der Waals surface area contributed by atoms with Crippen LogP contribution in [-0.2, 0) is 19.3 Å². The predicted molar refractivity (Wildman–Crippen MR) is 95.1 cm³/mol. The van der Waals surface area contributed by atoms with Gasteiger partial charge in [-0.25, -0.2) is 9.97 Å². The lowest BCUT2D eigenvalue weighted by molar-refractivity contribution is 0.713. The van der Waals surface area contributed by atoms with Gasteiger partial charge in [0.1, 0.15) is 17.0 Å². The molecule has 0 unspecified atom stereocenters. The van der Waals surface area contributed by atoms with Crippen molar-refractivity contribution >= 4 is 27.4 Å². The Morgan fingerprint density at radius 2 is 2.00 bits per heavy atom. The molecule has 1 aliphatic rings. The average Bonchev–Trinajstić information content (AvgIpc) is 2.79. The molecular formula is C18H20N4S. The van der Waals surface area contributed by atoms with E-state index in [-0.39, 0.29) is 0 Å². The summed E-state index contributed by atoms with van der Waals surface area (Å²) in [6, 6.07) is 6.04. The quantitative estimate of drug-likeness (QED) is 0.737. The summed E-state index contributed by atoms with van der Waals surface area (Å²) in [6.07, 6.45) is 10.7. The molecular weight excluding hydrogens is 304 g/mol. The lowest BCUT2D eigenvalue weighted by Crippen LogP contribution is -2.08. The first-order valence-corrected chi connectivity index (χ1v) is 9.12. The van der Waals surface area contributed by atoms with E-state index in [0.717, 1.165) is 35.7 Å². The fourth-order valence-corrected chi connectivity index (χ4v) is 4.48. The van der Waals surface area contributed by atoms with Crippen LogP contribution in [0.25, 0.3) is 10.2 Å². The van der Waals surface area contributed by atoms with Crippen LogP contribution in [0.1, 0.15) is 35.4 Å². The van der Waals surface area contributed by atoms with Crippen molar-refractivity contribution in [2.75, 3.05) is 11.9 Å². The molecule has 118 valence electrons. The van der Waals surface area contributed by atoms with Crippen LogP contribution in [0.2, 0.25) is 0 Å². The number of aromatic nitrogens is 3. The molecule has 3 aromatic rings. The Kier molecular flexibility index (Phi) is 4.20. The number of fused-ring (bicyclic) bond motifs is 3. The van der Waals surface area contributed by atoms with E-state index in [0.29, 0.717) is 0 Å². The van der Waals surface area contributed by atoms with Crippen molar-refractivity contribution in [1.82, 2.24) is 15.0 Å². The molecule has 0 atom stereocenters. The molecule has 0 saturated heterocycles. The number of nitrogens with one attached hydrogen (secondary N) is 1. The Hall–Kier alpha value is -2.01. The highest BCUT2D eigenvalue weighted by Gasteiger charge is 2.18. The van der Waals surface area contributed by atoms with E-state index in [9.17, 15) is 0 Å². The van der Waals surface area contributed by atoms with Crippen molar-refractivity contribution in [3.63, 3.8) is 0 Å². The number of thiophene rings is 1. The Bertz CT molecular complexity index is 797. The molecule has 3 heterocycles. The minimum absolute atomic E-state index is 0.841. The molecule has 0 aromatic carbocycles. The van der Waals surface area contributed by atoms with Gasteiger partial charge in [0.25, 0.3) is 0 Å². The van der Waals surface area contributed by atoms with Gasteiger partial charge in [-0.05, 0) is 43.4 Å². The molecule has 4 rings (SSSR count). The van der Waals surface area contributed by atoms with Crippen LogP contribution < -0.4 is 5.32 Å². The van der Waals surface area contributed by atoms with Gasteiger partial charge in [0.05, 0.1) is 5.39 Å². The third-order valence-corrected chi connectivity index (χ3v) is 5.60. The van der Waals surface area contributed by atoms with Gasteiger partial charge in [0.2, 0.25) is 0 Å². The van der Waals surface area contributed by atoms with E-state index in [1.807, 2.05) is 29.7 Å². The lowest BCUT2D eigenvalue weighted by Gasteiger charge is -2.08. The predicted octanol–water partition coefficient (Wildman–Crippen LogP) is 4.01. The first-order chi connectivity index (χ1) is 11.4. The highest BCUT2D eigenvalue weighted by molar-refractivity contribution is 7.18. The fourth-order valence-electron chi connectivity index (χ4n) is 3.26. The standard InChI is InChI=1S/C18H20N4S/c1-2-7-14-15(8-3-1)23-18-16(14)17(21-12-22-18)20-11-9-13-6-4-5-10-19-13/h4-6,10,12H,1-3,7-9,11H2,(H,20,21,22). The third-order valence-electron chi connectivity index (χ3n) is 4.40. The monoisotopic (exact) mass is 324 g/mol. The molecule has 23 heavy (non-hydrogen) atoms. The molecule has 0 fully saturated rings. The highest BCUT2D eigenvalue weighted by Crippen LogP contribution is 2.37. The van der Waals surface area contributed by atoms with E-state index >= 15 is 0 Å². The van der Waals surface area contributed by atoms with Gasteiger partial charge in [0.15, 0.2) is 0 Å². The maximum absolute atomic E-state index is 4.51. The van der Waals surface area contributed by atoms with Gasteiger partial charge >= 0.3 is 0 Å². The number of aryl methyl sites for hydroxylation is 2. The largest absolute Gasteiger partial charge is 0.369 e. The van der Waals surface area contributed by atoms with E-state index in [4.69, 9.17) is 0 Å². The molecule has 0 aliphatic heterocycles. The van der Waals surface area contributed by atoms with Crippen molar-refractivity contribution < 1.29 is 0 Å². The summed E-state index contributed by atoms with van der Waals surface area (Å²) in [4.78, 5) is 16.0. The number of hydrogen-bond acceptors (Lipinski definition) is 5. The fraction of sp³-hybridized carbons (Fsp3) is 0.389. The first kappa shape index (κ1) is 14.6. The number of hydrogen-bond donors (Lipinski definition) is 1. The van der Waals surface area contributed by atoms with Crippen LogP contribution >= 0.6 is 11.3 Å². The SMILES string of the molecule is c1ccc(CCNc2ncnc3sc4c(c23)CCCCC4)nc1. The second-order valence-electron chi connectivity index (χ2n) is 5.96. The maximum atomic E-state index is 4.51. The normalized spacial score (nSPS) is 14.4. The van der Waals surface area contributed by atoms with Gasteiger partial charge in [0, 0.05) is 29.7 Å². The minimum Gasteiger partial charge on any atom is -0.369 e. The molecule has 1 aliphatic carbocycles. The van der Waals surface area contributed by atoms with E-state index in [1.165, 1.54) is 41.5 Å². The van der Waals surface area contributed by atoms with Crippen LogP contribution in [0.15, 0.2) is 30.7 Å². The summed E-state index contributed by atoms with van der Waals surface area (Å²) in [5.74, 6) is 0.991. The van der Waals surface area contributed by atoms with Crippen LogP contribution in [0.4, 0.5) is 5.82 Å². The zero-order valence-electron chi connectivity index (χ0n) is 13.1. The van der Waals surface area contributed by atoms with E-state index in [1.54, 1.807) is 6.33 Å². The number of nitrogens with zero attached hydrogens (tertiary/aromatic N) is 3. The Labute approximate surface area is 140 Å². The minimum atomic E-state index is 0.841. The van der Waals surface area contributed by atoms with Gasteiger partial charge < -0.3 is 5.32 Å². The van der Waals surface area contributed by atoms with Crippen molar-refractivity contribution in [3.8, 4) is 0 Å². The van der Waals surface area contributed by atoms with Gasteiger partial charge in [-0.3, -0.25) is 4.98 Å². The molecule has 1 N–H and O–H groups in total. The summed E-state index contributed by atoms with van der Waals surface area (Å²) < 4.78 is 0. The molecule has 0 bridgehead atoms. The van der Waals surface area contributed by atoms with E-state index < -0.39 is 0 Å². The van der Waals surface area contributed by atoms with Crippen LogP contribution in [0, 0.1) is 0 Å². The Morgan fingerprint density at radius 3 is 2.91 bits per heavy atom. The van der Waals surface area contributed by atoms with Gasteiger partial charge in [-0.1, -0.05) is 12.5 Å². The molecule has 0 spiro atoms. The smallest absolute Gasteiger partial charge is 0.138 e. The maximum Gasteiger partial charge on any atom is 0.138 e. The topological polar surface area (TPSA) is 50.7 Å². The molecule has 0 amide bonds. The lowest BCUT2D eigenvalue weighted by atomic mass is 10.1. The zero-order valence-corrected chi connectivity index (χ0v) is 13.9. The Morgan fingerprint density at radius 1 is 1.04 bits per heavy atom. The highest BCUT2D eigenvalue weighted by atomic mass is 32.1. The van der Waals surface area contributed by atoms with Gasteiger partial charge in [-0.2, -0.15) is 0 Å². The number of pyridine rings is 1. The molecule has 4 nitrogen and oxygen atoms in total. The summed E-state index contributed by atoms with van der Waals surface area (Å²) >= 11 is 1.85. The first-order valence-electron chi connectivity index (χ1n) is 8.31. The van der Waals surface area contributed by atoms with Crippen LogP contribution in [0.3, 0.4) is 0 Å².